The molecule has 0 bridgehead atoms. The highest BCUT2D eigenvalue weighted by atomic mass is 79.9. The molecular weight excluding hydrogens is 455 g/mol. The number of likely N-dealkylation sites (N-methyl/N-ethyl adjacent to an activating group) is 1. The Morgan fingerprint density at radius 3 is 2.63 bits per heavy atom. The molecule has 2 aromatic rings. The number of fused-ring (bicyclic) bond motifs is 1. The molecule has 0 saturated carbocycles. The van der Waals surface area contributed by atoms with Crippen LogP contribution in [0.3, 0.4) is 0 Å². The summed E-state index contributed by atoms with van der Waals surface area (Å²) in [6, 6.07) is 11.3. The molecule has 1 fully saturated rings. The summed E-state index contributed by atoms with van der Waals surface area (Å²) in [6.45, 7) is 0.133. The van der Waals surface area contributed by atoms with Crippen LogP contribution in [0.2, 0.25) is 0 Å². The van der Waals surface area contributed by atoms with E-state index >= 15 is 0 Å². The molecule has 154 valence electrons. The fraction of sp³-hybridized carbons (Fsp3) is 0.190. The van der Waals surface area contributed by atoms with E-state index in [0.717, 1.165) is 10.5 Å². The lowest BCUT2D eigenvalue weighted by Gasteiger charge is -2.37. The maximum atomic E-state index is 14.1. The highest BCUT2D eigenvalue weighted by Gasteiger charge is 2.49. The summed E-state index contributed by atoms with van der Waals surface area (Å²) in [4.78, 5) is 41.2. The number of halogens is 2. The molecule has 2 N–H and O–H groups in total. The number of hydrogen-bond donors (Lipinski definition) is 2. The van der Waals surface area contributed by atoms with Crippen LogP contribution in [0.5, 0.6) is 0 Å². The minimum atomic E-state index is -0.819. The Morgan fingerprint density at radius 1 is 1.20 bits per heavy atom. The second-order valence-electron chi connectivity index (χ2n) is 7.11. The number of nitrogens with one attached hydrogen (secondary N) is 2. The van der Waals surface area contributed by atoms with Gasteiger partial charge in [0.2, 0.25) is 0 Å². The first-order valence-corrected chi connectivity index (χ1v) is 10.0. The molecule has 2 heterocycles. The predicted molar refractivity (Wildman–Crippen MR) is 112 cm³/mol. The van der Waals surface area contributed by atoms with Gasteiger partial charge in [0, 0.05) is 17.7 Å². The summed E-state index contributed by atoms with van der Waals surface area (Å²) in [7, 11) is 1.66. The van der Waals surface area contributed by atoms with E-state index in [4.69, 9.17) is 0 Å². The molecule has 0 aliphatic carbocycles. The largest absolute Gasteiger partial charge is 0.366 e. The lowest BCUT2D eigenvalue weighted by atomic mass is 9.99. The summed E-state index contributed by atoms with van der Waals surface area (Å²) < 4.78 is 14.6. The van der Waals surface area contributed by atoms with E-state index < -0.39 is 35.7 Å². The minimum absolute atomic E-state index is 0.00868. The Labute approximate surface area is 180 Å². The third-order valence-corrected chi connectivity index (χ3v) is 5.59. The molecule has 0 aromatic heterocycles. The van der Waals surface area contributed by atoms with Crippen molar-refractivity contribution in [1.82, 2.24) is 15.1 Å². The number of amides is 4. The zero-order chi connectivity index (χ0) is 21.4. The summed E-state index contributed by atoms with van der Waals surface area (Å²) in [5.41, 5.74) is 1.01. The van der Waals surface area contributed by atoms with Gasteiger partial charge in [-0.2, -0.15) is 0 Å². The molecule has 4 rings (SSSR count). The van der Waals surface area contributed by atoms with Crippen LogP contribution < -0.4 is 10.6 Å². The first-order chi connectivity index (χ1) is 14.3. The van der Waals surface area contributed by atoms with Crippen LogP contribution in [0.25, 0.3) is 0 Å². The van der Waals surface area contributed by atoms with Crippen LogP contribution in [0.4, 0.5) is 14.9 Å². The Hall–Kier alpha value is -3.20. The highest BCUT2D eigenvalue weighted by molar-refractivity contribution is 9.10. The monoisotopic (exact) mass is 472 g/mol. The molecule has 1 saturated heterocycles. The number of carbonyl (C=O) groups is 3. The lowest BCUT2D eigenvalue weighted by molar-refractivity contribution is -0.134. The van der Waals surface area contributed by atoms with Crippen molar-refractivity contribution in [1.29, 1.82) is 0 Å². The molecule has 2 aliphatic heterocycles. The van der Waals surface area contributed by atoms with Gasteiger partial charge in [-0.1, -0.05) is 46.3 Å². The van der Waals surface area contributed by atoms with E-state index in [0.29, 0.717) is 4.47 Å². The fourth-order valence-electron chi connectivity index (χ4n) is 3.63. The van der Waals surface area contributed by atoms with Crippen molar-refractivity contribution in [2.45, 2.75) is 18.6 Å². The molecular formula is C21H18BrFN4O3. The Bertz CT molecular complexity index is 1060. The van der Waals surface area contributed by atoms with Crippen LogP contribution in [0, 0.1) is 5.82 Å². The van der Waals surface area contributed by atoms with Gasteiger partial charge in [0.05, 0.1) is 23.8 Å². The topological polar surface area (TPSA) is 81.8 Å². The summed E-state index contributed by atoms with van der Waals surface area (Å²) >= 11 is 3.16. The molecule has 4 amide bonds. The first kappa shape index (κ1) is 20.1. The van der Waals surface area contributed by atoms with Gasteiger partial charge in [-0.3, -0.25) is 14.5 Å². The van der Waals surface area contributed by atoms with Crippen molar-refractivity contribution < 1.29 is 18.8 Å². The van der Waals surface area contributed by atoms with E-state index in [9.17, 15) is 18.8 Å². The maximum Gasteiger partial charge on any atom is 0.325 e. The van der Waals surface area contributed by atoms with Gasteiger partial charge >= 0.3 is 6.03 Å². The minimum Gasteiger partial charge on any atom is -0.366 e. The van der Waals surface area contributed by atoms with Gasteiger partial charge in [0.1, 0.15) is 11.9 Å². The summed E-state index contributed by atoms with van der Waals surface area (Å²) in [6.07, 6.45) is 1.51. The van der Waals surface area contributed by atoms with Crippen molar-refractivity contribution in [3.8, 4) is 0 Å². The van der Waals surface area contributed by atoms with Gasteiger partial charge in [-0.05, 0) is 23.8 Å². The van der Waals surface area contributed by atoms with Crippen LogP contribution >= 0.6 is 15.9 Å². The van der Waals surface area contributed by atoms with Gasteiger partial charge in [-0.25, -0.2) is 9.18 Å². The van der Waals surface area contributed by atoms with Crippen molar-refractivity contribution in [3.05, 3.63) is 76.2 Å². The highest BCUT2D eigenvalue weighted by Crippen LogP contribution is 2.29. The standard InChI is InChI=1S/C21H18BrFN4O3/c1-26-11-14(19(28)24-16-8-7-13(22)9-15(16)23)17-18(26)20(29)27(21(30)25-17)10-12-5-3-2-4-6-12/h2-9,11,17-18H,10H2,1H3,(H,24,28)(H,25,30). The quantitative estimate of drug-likeness (QED) is 0.716. The SMILES string of the molecule is CN1C=C(C(=O)Nc2ccc(Br)cc2F)C2NC(=O)N(Cc3ccccc3)C(=O)C21. The number of nitrogens with zero attached hydrogens (tertiary/aromatic N) is 2. The van der Waals surface area contributed by atoms with E-state index in [1.165, 1.54) is 18.3 Å². The number of carbonyl (C=O) groups excluding carboxylic acids is 3. The lowest BCUT2D eigenvalue weighted by Crippen LogP contribution is -2.64. The Kier molecular flexibility index (Phi) is 5.29. The maximum absolute atomic E-state index is 14.1. The summed E-state index contributed by atoms with van der Waals surface area (Å²) in [5.74, 6) is -1.58. The number of anilines is 1. The molecule has 2 aliphatic rings. The van der Waals surface area contributed by atoms with E-state index in [2.05, 4.69) is 26.6 Å². The molecule has 9 heteroatoms. The second kappa shape index (κ2) is 7.91. The number of hydrogen-bond acceptors (Lipinski definition) is 4. The molecule has 30 heavy (non-hydrogen) atoms. The third-order valence-electron chi connectivity index (χ3n) is 5.10. The van der Waals surface area contributed by atoms with E-state index in [1.807, 2.05) is 30.3 Å². The zero-order valence-corrected chi connectivity index (χ0v) is 17.5. The predicted octanol–water partition coefficient (Wildman–Crippen LogP) is 2.85. The second-order valence-corrected chi connectivity index (χ2v) is 8.03. The Balaban J connectivity index is 1.53. The van der Waals surface area contributed by atoms with E-state index in [-0.39, 0.29) is 17.8 Å². The molecule has 2 atom stereocenters. The van der Waals surface area contributed by atoms with Crippen molar-refractivity contribution in [2.75, 3.05) is 12.4 Å². The molecule has 2 unspecified atom stereocenters. The molecule has 2 aromatic carbocycles. The van der Waals surface area contributed by atoms with Crippen LogP contribution in [-0.2, 0) is 16.1 Å². The van der Waals surface area contributed by atoms with Gasteiger partial charge in [0.15, 0.2) is 0 Å². The smallest absolute Gasteiger partial charge is 0.325 e. The first-order valence-electron chi connectivity index (χ1n) is 9.21. The number of urea groups is 1. The van der Waals surface area contributed by atoms with E-state index in [1.54, 1.807) is 18.0 Å². The van der Waals surface area contributed by atoms with Crippen LogP contribution in [-0.4, -0.2) is 46.8 Å². The Morgan fingerprint density at radius 2 is 1.93 bits per heavy atom. The van der Waals surface area contributed by atoms with Crippen molar-refractivity contribution >= 4 is 39.5 Å². The molecule has 0 radical (unpaired) electrons. The third kappa shape index (κ3) is 3.68. The molecule has 7 nitrogen and oxygen atoms in total. The van der Waals surface area contributed by atoms with Crippen LogP contribution in [0.15, 0.2) is 64.8 Å². The number of benzene rings is 2. The van der Waals surface area contributed by atoms with Crippen LogP contribution in [0.1, 0.15) is 5.56 Å². The van der Waals surface area contributed by atoms with Gasteiger partial charge in [-0.15, -0.1) is 0 Å². The normalized spacial score (nSPS) is 20.6. The van der Waals surface area contributed by atoms with Crippen molar-refractivity contribution in [2.24, 2.45) is 0 Å². The number of imide groups is 1. The fourth-order valence-corrected chi connectivity index (χ4v) is 3.96. The number of rotatable bonds is 4. The molecule has 0 spiro atoms. The van der Waals surface area contributed by atoms with Gasteiger partial charge < -0.3 is 15.5 Å². The average Bonchev–Trinajstić information content (AvgIpc) is 3.04. The summed E-state index contributed by atoms with van der Waals surface area (Å²) in [5, 5.41) is 5.25. The van der Waals surface area contributed by atoms with Crippen molar-refractivity contribution in [3.63, 3.8) is 0 Å². The van der Waals surface area contributed by atoms with Gasteiger partial charge in [0.25, 0.3) is 11.8 Å². The zero-order valence-electron chi connectivity index (χ0n) is 15.9. The average molecular weight is 473 g/mol.